The molecular formula is C21H19ClN4O2Se. The van der Waals surface area contributed by atoms with Gasteiger partial charge in [-0.05, 0) is 0 Å². The second kappa shape index (κ2) is 8.41. The van der Waals surface area contributed by atoms with Gasteiger partial charge in [0, 0.05) is 0 Å². The topological polar surface area (TPSA) is 76.0 Å². The second-order valence-electron chi connectivity index (χ2n) is 6.73. The summed E-state index contributed by atoms with van der Waals surface area (Å²) in [5, 5.41) is 6.42. The summed E-state index contributed by atoms with van der Waals surface area (Å²) in [7, 11) is 0. The fraction of sp³-hybridized carbons (Fsp3) is 0.190. The van der Waals surface area contributed by atoms with Gasteiger partial charge in [0.1, 0.15) is 0 Å². The van der Waals surface area contributed by atoms with Gasteiger partial charge in [-0.3, -0.25) is 0 Å². The third kappa shape index (κ3) is 4.37. The van der Waals surface area contributed by atoms with E-state index < -0.39 is 0 Å². The first-order valence-electron chi connectivity index (χ1n) is 9.18. The number of hydrogen-bond acceptors (Lipinski definition) is 3. The third-order valence-corrected chi connectivity index (χ3v) is 7.00. The molecule has 3 aromatic rings. The number of fused-ring (bicyclic) bond motifs is 1. The van der Waals surface area contributed by atoms with E-state index in [4.69, 9.17) is 11.6 Å². The maximum absolute atomic E-state index is 12.6. The number of carbonyl (C=O) groups excluding carboxylic acids is 2. The molecule has 0 radical (unpaired) electrons. The maximum atomic E-state index is 12.6. The molecule has 3 heterocycles. The van der Waals surface area contributed by atoms with E-state index >= 15 is 0 Å². The van der Waals surface area contributed by atoms with Gasteiger partial charge in [0.05, 0.1) is 0 Å². The number of benzene rings is 1. The van der Waals surface area contributed by atoms with Crippen molar-refractivity contribution in [1.82, 2.24) is 14.9 Å². The van der Waals surface area contributed by atoms with E-state index in [2.05, 4.69) is 15.6 Å². The predicted molar refractivity (Wildman–Crippen MR) is 115 cm³/mol. The van der Waals surface area contributed by atoms with E-state index in [1.54, 1.807) is 30.7 Å². The average Bonchev–Trinajstić information content (AvgIpc) is 3.40. The van der Waals surface area contributed by atoms with Crippen molar-refractivity contribution in [3.05, 3.63) is 68.0 Å². The minimum atomic E-state index is -0.144. The Kier molecular flexibility index (Phi) is 5.72. The van der Waals surface area contributed by atoms with Crippen LogP contribution in [0, 0.1) is 6.92 Å². The second-order valence-corrected chi connectivity index (χ2v) is 9.87. The van der Waals surface area contributed by atoms with Crippen molar-refractivity contribution < 1.29 is 9.59 Å². The van der Waals surface area contributed by atoms with Crippen LogP contribution in [0.15, 0.2) is 43.0 Å². The standard InChI is InChI=1S/C21H19ClN4O2Se/c1-13-16(20(27)24-5-2-7-26-8-6-23-12-26)10-15(29-13)11-18-17-9-14(22)3-4-19(17)25-21(18)28/h3-4,6,8-12H,2,5,7H2,1H3,(H,24,27)(H,25,28). The molecule has 2 aromatic heterocycles. The van der Waals surface area contributed by atoms with Crippen LogP contribution in [0.25, 0.3) is 11.6 Å². The number of halogens is 1. The number of nitrogens with zero attached hydrogens (tertiary/aromatic N) is 2. The number of amides is 2. The molecule has 0 saturated carbocycles. The average molecular weight is 474 g/mol. The molecule has 2 N–H and O–H groups in total. The molecule has 0 bridgehead atoms. The van der Waals surface area contributed by atoms with Gasteiger partial charge in [-0.25, -0.2) is 0 Å². The number of imidazole rings is 1. The van der Waals surface area contributed by atoms with E-state index in [1.807, 2.05) is 29.8 Å². The van der Waals surface area contributed by atoms with Crippen LogP contribution in [0.2, 0.25) is 5.02 Å². The molecule has 8 heteroatoms. The molecule has 1 aromatic carbocycles. The Balaban J connectivity index is 1.45. The Labute approximate surface area is 179 Å². The summed E-state index contributed by atoms with van der Waals surface area (Å²) in [6.07, 6.45) is 8.12. The fourth-order valence-electron chi connectivity index (χ4n) is 3.23. The van der Waals surface area contributed by atoms with E-state index in [9.17, 15) is 9.59 Å². The summed E-state index contributed by atoms with van der Waals surface area (Å²) >= 11 is 6.10. The molecule has 1 aliphatic heterocycles. The summed E-state index contributed by atoms with van der Waals surface area (Å²) in [5.74, 6) is -0.211. The predicted octanol–water partition coefficient (Wildman–Crippen LogP) is 3.21. The van der Waals surface area contributed by atoms with Gasteiger partial charge in [-0.2, -0.15) is 0 Å². The van der Waals surface area contributed by atoms with Crippen LogP contribution in [-0.4, -0.2) is 42.4 Å². The van der Waals surface area contributed by atoms with Crippen LogP contribution < -0.4 is 10.6 Å². The molecule has 148 valence electrons. The van der Waals surface area contributed by atoms with Gasteiger partial charge in [0.2, 0.25) is 0 Å². The van der Waals surface area contributed by atoms with Gasteiger partial charge in [-0.15, -0.1) is 0 Å². The SMILES string of the molecule is Cc1[se]c(C=C2C(=O)Nc3ccc(Cl)cc32)cc1C(=O)NCCCn1ccnc1. The Hall–Kier alpha value is -2.60. The first-order valence-corrected chi connectivity index (χ1v) is 11.3. The molecule has 0 spiro atoms. The van der Waals surface area contributed by atoms with Crippen molar-refractivity contribution in [3.8, 4) is 0 Å². The number of nitrogens with one attached hydrogen (secondary N) is 2. The van der Waals surface area contributed by atoms with Crippen molar-refractivity contribution in [2.45, 2.75) is 19.9 Å². The van der Waals surface area contributed by atoms with Crippen LogP contribution >= 0.6 is 11.6 Å². The van der Waals surface area contributed by atoms with Gasteiger partial charge < -0.3 is 0 Å². The van der Waals surface area contributed by atoms with Gasteiger partial charge in [-0.1, -0.05) is 0 Å². The van der Waals surface area contributed by atoms with Crippen LogP contribution in [-0.2, 0) is 11.3 Å². The number of rotatable bonds is 6. The number of aryl methyl sites for hydroxylation is 2. The van der Waals surface area contributed by atoms with E-state index in [0.29, 0.717) is 22.7 Å². The van der Waals surface area contributed by atoms with Crippen molar-refractivity contribution in [2.24, 2.45) is 0 Å². The molecule has 1 aliphatic rings. The van der Waals surface area contributed by atoms with E-state index in [0.717, 1.165) is 33.1 Å². The minimum absolute atomic E-state index is 0.0120. The quantitative estimate of drug-likeness (QED) is 0.328. The molecule has 6 nitrogen and oxygen atoms in total. The summed E-state index contributed by atoms with van der Waals surface area (Å²) < 4.78 is 4.04. The number of aromatic nitrogens is 2. The molecule has 0 saturated heterocycles. The van der Waals surface area contributed by atoms with Crippen molar-refractivity contribution in [1.29, 1.82) is 0 Å². The molecule has 0 fully saturated rings. The number of carbonyl (C=O) groups is 2. The number of anilines is 1. The Bertz CT molecular complexity index is 1100. The summed E-state index contributed by atoms with van der Waals surface area (Å²) in [6.45, 7) is 3.38. The molecule has 0 atom stereocenters. The summed E-state index contributed by atoms with van der Waals surface area (Å²) in [5.41, 5.74) is 2.85. The molecule has 0 unspecified atom stereocenters. The van der Waals surface area contributed by atoms with Gasteiger partial charge >= 0.3 is 179 Å². The zero-order valence-corrected chi connectivity index (χ0v) is 18.2. The van der Waals surface area contributed by atoms with Gasteiger partial charge in [0.25, 0.3) is 0 Å². The first-order chi connectivity index (χ1) is 14.0. The van der Waals surface area contributed by atoms with Crippen molar-refractivity contribution >= 4 is 55.3 Å². The third-order valence-electron chi connectivity index (χ3n) is 4.67. The molecule has 4 rings (SSSR count). The van der Waals surface area contributed by atoms with Crippen LogP contribution in [0.1, 0.15) is 31.2 Å². The van der Waals surface area contributed by atoms with Crippen LogP contribution in [0.5, 0.6) is 0 Å². The monoisotopic (exact) mass is 474 g/mol. The van der Waals surface area contributed by atoms with Crippen molar-refractivity contribution in [2.75, 3.05) is 11.9 Å². The van der Waals surface area contributed by atoms with Crippen molar-refractivity contribution in [3.63, 3.8) is 0 Å². The van der Waals surface area contributed by atoms with E-state index in [1.165, 1.54) is 0 Å². The van der Waals surface area contributed by atoms with Gasteiger partial charge in [0.15, 0.2) is 0 Å². The van der Waals surface area contributed by atoms with E-state index in [-0.39, 0.29) is 26.3 Å². The summed E-state index contributed by atoms with van der Waals surface area (Å²) in [4.78, 5) is 28.9. The van der Waals surface area contributed by atoms with Crippen LogP contribution in [0.4, 0.5) is 5.69 Å². The first kappa shape index (κ1) is 19.7. The molecular weight excluding hydrogens is 455 g/mol. The normalized spacial score (nSPS) is 14.1. The molecule has 29 heavy (non-hydrogen) atoms. The Morgan fingerprint density at radius 2 is 2.24 bits per heavy atom. The number of hydrogen-bond donors (Lipinski definition) is 2. The van der Waals surface area contributed by atoms with Crippen LogP contribution in [0.3, 0.4) is 0 Å². The zero-order chi connectivity index (χ0) is 20.4. The fourth-order valence-corrected chi connectivity index (χ4v) is 5.43. The molecule has 0 aliphatic carbocycles. The Morgan fingerprint density at radius 1 is 1.38 bits per heavy atom. The zero-order valence-electron chi connectivity index (χ0n) is 15.7. The Morgan fingerprint density at radius 3 is 3.03 bits per heavy atom. The summed E-state index contributed by atoms with van der Waals surface area (Å²) in [6, 6.07) is 7.24. The molecule has 2 amide bonds.